The smallest absolute Gasteiger partial charge is 0.160 e. The standard InChI is InChI=1S/C16H28N2O2/c1-12(17-13(2)11-18(3)4)9-14-7-8-15(19-5)16(10-14)20-6/h7-8,10,12-13,17H,9,11H2,1-6H3. The molecule has 1 rings (SSSR count). The monoisotopic (exact) mass is 280 g/mol. The molecule has 0 aromatic heterocycles. The van der Waals surface area contributed by atoms with E-state index < -0.39 is 0 Å². The highest BCUT2D eigenvalue weighted by Crippen LogP contribution is 2.27. The molecule has 1 aromatic carbocycles. The van der Waals surface area contributed by atoms with Gasteiger partial charge in [-0.2, -0.15) is 0 Å². The second-order valence-corrected chi connectivity index (χ2v) is 5.62. The Kier molecular flexibility index (Phi) is 6.82. The molecular formula is C16H28N2O2. The zero-order valence-corrected chi connectivity index (χ0v) is 13.6. The number of ether oxygens (including phenoxy) is 2. The summed E-state index contributed by atoms with van der Waals surface area (Å²) in [5.74, 6) is 1.57. The third-order valence-electron chi connectivity index (χ3n) is 3.20. The molecule has 0 radical (unpaired) electrons. The highest BCUT2D eigenvalue weighted by Gasteiger charge is 2.11. The molecule has 114 valence electrons. The first-order chi connectivity index (χ1) is 9.46. The molecule has 0 spiro atoms. The van der Waals surface area contributed by atoms with Crippen LogP contribution in [-0.2, 0) is 6.42 Å². The van der Waals surface area contributed by atoms with Gasteiger partial charge in [0.25, 0.3) is 0 Å². The quantitative estimate of drug-likeness (QED) is 0.791. The van der Waals surface area contributed by atoms with Gasteiger partial charge >= 0.3 is 0 Å². The summed E-state index contributed by atoms with van der Waals surface area (Å²) in [6, 6.07) is 7.00. The van der Waals surface area contributed by atoms with Crippen molar-refractivity contribution in [2.45, 2.75) is 32.4 Å². The maximum absolute atomic E-state index is 5.34. The molecule has 0 aliphatic heterocycles. The molecule has 20 heavy (non-hydrogen) atoms. The molecule has 0 fully saturated rings. The minimum atomic E-state index is 0.419. The van der Waals surface area contributed by atoms with Crippen LogP contribution in [0.3, 0.4) is 0 Å². The summed E-state index contributed by atoms with van der Waals surface area (Å²) in [5, 5.41) is 3.61. The molecule has 0 heterocycles. The number of rotatable bonds is 8. The van der Waals surface area contributed by atoms with Crippen molar-refractivity contribution in [2.75, 3.05) is 34.9 Å². The number of methoxy groups -OCH3 is 2. The zero-order chi connectivity index (χ0) is 15.1. The Hall–Kier alpha value is -1.26. The SMILES string of the molecule is COc1ccc(CC(C)NC(C)CN(C)C)cc1OC. The fourth-order valence-corrected chi connectivity index (χ4v) is 2.51. The Balaban J connectivity index is 2.59. The van der Waals surface area contributed by atoms with Gasteiger partial charge in [-0.05, 0) is 52.1 Å². The van der Waals surface area contributed by atoms with Crippen LogP contribution in [0.5, 0.6) is 11.5 Å². The van der Waals surface area contributed by atoms with Crippen LogP contribution in [0.15, 0.2) is 18.2 Å². The van der Waals surface area contributed by atoms with Gasteiger partial charge in [-0.15, -0.1) is 0 Å². The Morgan fingerprint density at radius 3 is 2.25 bits per heavy atom. The number of nitrogens with one attached hydrogen (secondary N) is 1. The molecule has 0 saturated heterocycles. The van der Waals surface area contributed by atoms with Crippen LogP contribution in [0, 0.1) is 0 Å². The van der Waals surface area contributed by atoms with Gasteiger partial charge in [-0.3, -0.25) is 0 Å². The third kappa shape index (κ3) is 5.39. The van der Waals surface area contributed by atoms with E-state index in [9.17, 15) is 0 Å². The third-order valence-corrected chi connectivity index (χ3v) is 3.20. The van der Waals surface area contributed by atoms with Crippen molar-refractivity contribution in [1.29, 1.82) is 0 Å². The molecule has 0 saturated carbocycles. The normalized spacial score (nSPS) is 14.2. The van der Waals surface area contributed by atoms with Gasteiger partial charge in [-0.1, -0.05) is 6.07 Å². The van der Waals surface area contributed by atoms with Crippen molar-refractivity contribution in [3.05, 3.63) is 23.8 Å². The largest absolute Gasteiger partial charge is 0.493 e. The zero-order valence-electron chi connectivity index (χ0n) is 13.6. The van der Waals surface area contributed by atoms with Crippen molar-refractivity contribution in [1.82, 2.24) is 10.2 Å². The number of likely N-dealkylation sites (N-methyl/N-ethyl adjacent to an activating group) is 1. The lowest BCUT2D eigenvalue weighted by Gasteiger charge is -2.23. The van der Waals surface area contributed by atoms with E-state index in [2.05, 4.69) is 44.2 Å². The first-order valence-electron chi connectivity index (χ1n) is 7.08. The molecule has 1 aromatic rings. The molecule has 4 heteroatoms. The van der Waals surface area contributed by atoms with E-state index >= 15 is 0 Å². The molecule has 2 atom stereocenters. The Morgan fingerprint density at radius 2 is 1.70 bits per heavy atom. The summed E-state index contributed by atoms with van der Waals surface area (Å²) < 4.78 is 10.6. The summed E-state index contributed by atoms with van der Waals surface area (Å²) in [6.07, 6.45) is 0.970. The van der Waals surface area contributed by atoms with E-state index in [1.807, 2.05) is 12.1 Å². The summed E-state index contributed by atoms with van der Waals surface area (Å²) in [6.45, 7) is 5.46. The molecule has 0 aliphatic rings. The van der Waals surface area contributed by atoms with E-state index in [0.29, 0.717) is 12.1 Å². The Morgan fingerprint density at radius 1 is 1.05 bits per heavy atom. The van der Waals surface area contributed by atoms with Crippen LogP contribution < -0.4 is 14.8 Å². The van der Waals surface area contributed by atoms with Gasteiger partial charge in [0.1, 0.15) is 0 Å². The lowest BCUT2D eigenvalue weighted by molar-refractivity contribution is 0.331. The van der Waals surface area contributed by atoms with Gasteiger partial charge in [-0.25, -0.2) is 0 Å². The molecule has 1 N–H and O–H groups in total. The first-order valence-corrected chi connectivity index (χ1v) is 7.08. The van der Waals surface area contributed by atoms with Crippen molar-refractivity contribution in [3.8, 4) is 11.5 Å². The summed E-state index contributed by atoms with van der Waals surface area (Å²) >= 11 is 0. The number of benzene rings is 1. The van der Waals surface area contributed by atoms with Gasteiger partial charge in [0.05, 0.1) is 14.2 Å². The minimum Gasteiger partial charge on any atom is -0.493 e. The minimum absolute atomic E-state index is 0.419. The average molecular weight is 280 g/mol. The summed E-state index contributed by atoms with van der Waals surface area (Å²) in [5.41, 5.74) is 1.25. The predicted molar refractivity (Wildman–Crippen MR) is 83.9 cm³/mol. The lowest BCUT2D eigenvalue weighted by Crippen LogP contribution is -2.41. The van der Waals surface area contributed by atoms with E-state index in [0.717, 1.165) is 24.5 Å². The Bertz CT molecular complexity index is 407. The van der Waals surface area contributed by atoms with Crippen molar-refractivity contribution in [2.24, 2.45) is 0 Å². The topological polar surface area (TPSA) is 33.7 Å². The summed E-state index contributed by atoms with van der Waals surface area (Å²) in [4.78, 5) is 2.20. The van der Waals surface area contributed by atoms with E-state index in [1.54, 1.807) is 14.2 Å². The molecule has 4 nitrogen and oxygen atoms in total. The first kappa shape index (κ1) is 16.8. The second kappa shape index (κ2) is 8.12. The van der Waals surface area contributed by atoms with Crippen molar-refractivity contribution in [3.63, 3.8) is 0 Å². The van der Waals surface area contributed by atoms with Gasteiger partial charge < -0.3 is 19.7 Å². The van der Waals surface area contributed by atoms with E-state index in [-0.39, 0.29) is 0 Å². The van der Waals surface area contributed by atoms with Crippen LogP contribution in [-0.4, -0.2) is 51.8 Å². The lowest BCUT2D eigenvalue weighted by atomic mass is 10.1. The molecule has 0 bridgehead atoms. The van der Waals surface area contributed by atoms with Crippen LogP contribution in [0.2, 0.25) is 0 Å². The van der Waals surface area contributed by atoms with Gasteiger partial charge in [0.15, 0.2) is 11.5 Å². The van der Waals surface area contributed by atoms with Crippen LogP contribution >= 0.6 is 0 Å². The molecule has 2 unspecified atom stereocenters. The van der Waals surface area contributed by atoms with Crippen molar-refractivity contribution >= 4 is 0 Å². The van der Waals surface area contributed by atoms with Gasteiger partial charge in [0, 0.05) is 18.6 Å². The van der Waals surface area contributed by atoms with Crippen molar-refractivity contribution < 1.29 is 9.47 Å². The van der Waals surface area contributed by atoms with E-state index in [4.69, 9.17) is 9.47 Å². The summed E-state index contributed by atoms with van der Waals surface area (Å²) in [7, 11) is 7.52. The average Bonchev–Trinajstić information content (AvgIpc) is 2.37. The Labute approximate surface area is 123 Å². The predicted octanol–water partition coefficient (Wildman–Crippen LogP) is 2.17. The number of hydrogen-bond acceptors (Lipinski definition) is 4. The van der Waals surface area contributed by atoms with Crippen LogP contribution in [0.25, 0.3) is 0 Å². The van der Waals surface area contributed by atoms with Gasteiger partial charge in [0.2, 0.25) is 0 Å². The van der Waals surface area contributed by atoms with Crippen LogP contribution in [0.4, 0.5) is 0 Å². The molecule has 0 aliphatic carbocycles. The van der Waals surface area contributed by atoms with E-state index in [1.165, 1.54) is 5.56 Å². The number of hydrogen-bond donors (Lipinski definition) is 1. The highest BCUT2D eigenvalue weighted by molar-refractivity contribution is 5.43. The maximum atomic E-state index is 5.34. The fraction of sp³-hybridized carbons (Fsp3) is 0.625. The molecular weight excluding hydrogens is 252 g/mol. The van der Waals surface area contributed by atoms with Crippen LogP contribution in [0.1, 0.15) is 19.4 Å². The molecule has 0 amide bonds. The highest BCUT2D eigenvalue weighted by atomic mass is 16.5. The fourth-order valence-electron chi connectivity index (χ4n) is 2.51. The second-order valence-electron chi connectivity index (χ2n) is 5.62. The maximum Gasteiger partial charge on any atom is 0.160 e. The number of nitrogens with zero attached hydrogens (tertiary/aromatic N) is 1.